The van der Waals surface area contributed by atoms with Crippen molar-refractivity contribution in [2.45, 2.75) is 105 Å². The van der Waals surface area contributed by atoms with Crippen LogP contribution in [0.2, 0.25) is 0 Å². The van der Waals surface area contributed by atoms with E-state index < -0.39 is 15.9 Å². The second-order valence-electron chi connectivity index (χ2n) is 12.7. The van der Waals surface area contributed by atoms with Gasteiger partial charge in [0.15, 0.2) is 0 Å². The van der Waals surface area contributed by atoms with Gasteiger partial charge in [0.05, 0.1) is 18.0 Å². The standard InChI is InChI=1S/C27H47NO5S/c1-6-18-22-15-17(29)10-12-27(22,5)21-11-13-26(4)19(8-9-20(26)24(21)25(18)31)16(3)14-23(30)28-34(32,33)7-2/h16-22,24-25,29,31H,6-15H2,1-5H3,(H,28,30)/t16?,17-,18-,19-,20+,21+,22+,24+,25-,26-,27-/m1/s1. The summed E-state index contributed by atoms with van der Waals surface area (Å²) in [5, 5.41) is 22.2. The van der Waals surface area contributed by atoms with Gasteiger partial charge in [0.25, 0.3) is 0 Å². The maximum Gasteiger partial charge on any atom is 0.234 e. The predicted octanol–water partition coefficient (Wildman–Crippen LogP) is 4.11. The van der Waals surface area contributed by atoms with Crippen LogP contribution in [0.4, 0.5) is 0 Å². The second kappa shape index (κ2) is 9.33. The third-order valence-electron chi connectivity index (χ3n) is 11.3. The van der Waals surface area contributed by atoms with Crippen LogP contribution >= 0.6 is 0 Å². The minimum Gasteiger partial charge on any atom is -0.393 e. The minimum atomic E-state index is -3.53. The zero-order valence-corrected chi connectivity index (χ0v) is 22.6. The molecular formula is C27H47NO5S. The summed E-state index contributed by atoms with van der Waals surface area (Å²) in [6.45, 7) is 10.7. The van der Waals surface area contributed by atoms with E-state index in [0.29, 0.717) is 23.7 Å². The molecular weight excluding hydrogens is 450 g/mol. The lowest BCUT2D eigenvalue weighted by atomic mass is 9.41. The number of carbonyl (C=O) groups is 1. The van der Waals surface area contributed by atoms with E-state index in [4.69, 9.17) is 0 Å². The van der Waals surface area contributed by atoms with Gasteiger partial charge in [-0.1, -0.05) is 34.1 Å². The van der Waals surface area contributed by atoms with Gasteiger partial charge in [-0.05, 0) is 104 Å². The van der Waals surface area contributed by atoms with Crippen LogP contribution in [-0.2, 0) is 14.8 Å². The van der Waals surface area contributed by atoms with Crippen molar-refractivity contribution in [1.82, 2.24) is 4.72 Å². The molecule has 1 unspecified atom stereocenters. The number of sulfonamides is 1. The van der Waals surface area contributed by atoms with Gasteiger partial charge in [-0.15, -0.1) is 0 Å². The molecule has 4 rings (SSSR count). The third-order valence-corrected chi connectivity index (χ3v) is 12.6. The molecule has 4 fully saturated rings. The summed E-state index contributed by atoms with van der Waals surface area (Å²) < 4.78 is 25.9. The Morgan fingerprint density at radius 3 is 2.29 bits per heavy atom. The van der Waals surface area contributed by atoms with Crippen LogP contribution in [0.15, 0.2) is 0 Å². The number of fused-ring (bicyclic) bond motifs is 5. The van der Waals surface area contributed by atoms with E-state index in [0.717, 1.165) is 51.4 Å². The summed E-state index contributed by atoms with van der Waals surface area (Å²) in [5.41, 5.74) is 0.254. The Kier molecular flexibility index (Phi) is 7.25. The van der Waals surface area contributed by atoms with Crippen molar-refractivity contribution >= 4 is 15.9 Å². The Morgan fingerprint density at radius 1 is 1.00 bits per heavy atom. The molecule has 0 aromatic heterocycles. The Morgan fingerprint density at radius 2 is 1.65 bits per heavy atom. The molecule has 4 saturated carbocycles. The topological polar surface area (TPSA) is 104 Å². The smallest absolute Gasteiger partial charge is 0.234 e. The number of rotatable bonds is 6. The van der Waals surface area contributed by atoms with E-state index in [9.17, 15) is 23.4 Å². The lowest BCUT2D eigenvalue weighted by Crippen LogP contribution is -2.62. The van der Waals surface area contributed by atoms with Crippen LogP contribution in [-0.4, -0.2) is 42.5 Å². The molecule has 3 N–H and O–H groups in total. The normalized spacial score (nSPS) is 47.3. The van der Waals surface area contributed by atoms with Crippen molar-refractivity contribution in [2.75, 3.05) is 5.75 Å². The lowest BCUT2D eigenvalue weighted by Gasteiger charge is -2.64. The Hall–Kier alpha value is -0.660. The fourth-order valence-electron chi connectivity index (χ4n) is 9.65. The summed E-state index contributed by atoms with van der Waals surface area (Å²) in [4.78, 5) is 12.5. The summed E-state index contributed by atoms with van der Waals surface area (Å²) in [6.07, 6.45) is 7.72. The zero-order valence-electron chi connectivity index (χ0n) is 21.8. The minimum absolute atomic E-state index is 0.0706. The second-order valence-corrected chi connectivity index (χ2v) is 14.7. The molecule has 1 amide bonds. The first-order valence-corrected chi connectivity index (χ1v) is 15.4. The SMILES string of the molecule is CC[C@H]1[C@@H](O)[C@@H]2[C@H](CC[C@]3(C)[C@@H](C(C)CC(=O)NS(=O)(=O)CC)CC[C@@H]23)[C@@]2(C)CC[C@@H](O)C[C@@H]12. The number of hydrogen-bond acceptors (Lipinski definition) is 5. The maximum atomic E-state index is 12.5. The fourth-order valence-corrected chi connectivity index (χ4v) is 10.2. The molecule has 4 aliphatic rings. The van der Waals surface area contributed by atoms with Crippen LogP contribution < -0.4 is 4.72 Å². The number of hydrogen-bond donors (Lipinski definition) is 3. The van der Waals surface area contributed by atoms with Gasteiger partial charge >= 0.3 is 0 Å². The largest absolute Gasteiger partial charge is 0.393 e. The monoisotopic (exact) mass is 497 g/mol. The number of aliphatic hydroxyl groups is 2. The molecule has 0 aromatic carbocycles. The van der Waals surface area contributed by atoms with E-state index in [-0.39, 0.29) is 53.0 Å². The van der Waals surface area contributed by atoms with Crippen LogP contribution in [0.3, 0.4) is 0 Å². The summed E-state index contributed by atoms with van der Waals surface area (Å²) in [5.74, 6) is 1.83. The van der Waals surface area contributed by atoms with Gasteiger partial charge in [0.1, 0.15) is 0 Å². The zero-order chi connectivity index (χ0) is 25.1. The quantitative estimate of drug-likeness (QED) is 0.512. The first-order valence-electron chi connectivity index (χ1n) is 13.8. The molecule has 0 spiro atoms. The molecule has 11 atom stereocenters. The van der Waals surface area contributed by atoms with Gasteiger partial charge in [0.2, 0.25) is 15.9 Å². The van der Waals surface area contributed by atoms with Crippen molar-refractivity contribution < 1.29 is 23.4 Å². The number of amides is 1. The van der Waals surface area contributed by atoms with Gasteiger partial charge in [0, 0.05) is 6.42 Å². The molecule has 7 heteroatoms. The lowest BCUT2D eigenvalue weighted by molar-refractivity contribution is -0.203. The van der Waals surface area contributed by atoms with Gasteiger partial charge < -0.3 is 10.2 Å². The first-order chi connectivity index (χ1) is 15.9. The van der Waals surface area contributed by atoms with Crippen molar-refractivity contribution in [1.29, 1.82) is 0 Å². The van der Waals surface area contributed by atoms with Crippen molar-refractivity contribution in [3.05, 3.63) is 0 Å². The van der Waals surface area contributed by atoms with Gasteiger partial charge in [-0.25, -0.2) is 8.42 Å². The molecule has 0 aromatic rings. The van der Waals surface area contributed by atoms with Gasteiger partial charge in [-0.2, -0.15) is 0 Å². The maximum absolute atomic E-state index is 12.5. The molecule has 0 aliphatic heterocycles. The molecule has 34 heavy (non-hydrogen) atoms. The van der Waals surface area contributed by atoms with Crippen LogP contribution in [0, 0.1) is 52.3 Å². The van der Waals surface area contributed by atoms with Crippen LogP contribution in [0.25, 0.3) is 0 Å². The Balaban J connectivity index is 1.56. The van der Waals surface area contributed by atoms with Crippen molar-refractivity contribution in [2.24, 2.45) is 52.3 Å². The summed E-state index contributed by atoms with van der Waals surface area (Å²) in [7, 11) is -3.53. The number of carbonyl (C=O) groups excluding carboxylic acids is 1. The van der Waals surface area contributed by atoms with Crippen molar-refractivity contribution in [3.8, 4) is 0 Å². The Labute approximate surface area is 206 Å². The molecule has 6 nitrogen and oxygen atoms in total. The van der Waals surface area contributed by atoms with Crippen molar-refractivity contribution in [3.63, 3.8) is 0 Å². The predicted molar refractivity (Wildman–Crippen MR) is 133 cm³/mol. The van der Waals surface area contributed by atoms with Gasteiger partial charge in [-0.3, -0.25) is 9.52 Å². The number of nitrogens with one attached hydrogen (secondary N) is 1. The van der Waals surface area contributed by atoms with E-state index >= 15 is 0 Å². The van der Waals surface area contributed by atoms with Crippen LogP contribution in [0.1, 0.15) is 92.4 Å². The summed E-state index contributed by atoms with van der Waals surface area (Å²) >= 11 is 0. The van der Waals surface area contributed by atoms with E-state index in [1.54, 1.807) is 0 Å². The highest BCUT2D eigenvalue weighted by Gasteiger charge is 2.64. The highest BCUT2D eigenvalue weighted by Crippen LogP contribution is 2.69. The van der Waals surface area contributed by atoms with Crippen LogP contribution in [0.5, 0.6) is 0 Å². The third kappa shape index (κ3) is 4.26. The number of aliphatic hydroxyl groups excluding tert-OH is 2. The molecule has 0 bridgehead atoms. The van der Waals surface area contributed by atoms with E-state index in [1.165, 1.54) is 6.92 Å². The fraction of sp³-hybridized carbons (Fsp3) is 0.963. The average molecular weight is 498 g/mol. The molecule has 0 heterocycles. The summed E-state index contributed by atoms with van der Waals surface area (Å²) in [6, 6.07) is 0. The van der Waals surface area contributed by atoms with E-state index in [1.807, 2.05) is 0 Å². The van der Waals surface area contributed by atoms with E-state index in [2.05, 4.69) is 32.4 Å². The molecule has 0 saturated heterocycles. The highest BCUT2D eigenvalue weighted by molar-refractivity contribution is 7.90. The molecule has 0 radical (unpaired) electrons. The Bertz CT molecular complexity index is 876. The first kappa shape index (κ1) is 26.4. The molecule has 4 aliphatic carbocycles. The highest BCUT2D eigenvalue weighted by atomic mass is 32.2. The molecule has 196 valence electrons. The average Bonchev–Trinajstić information content (AvgIpc) is 3.12.